The van der Waals surface area contributed by atoms with Gasteiger partial charge in [0.15, 0.2) is 0 Å². The van der Waals surface area contributed by atoms with E-state index in [-0.39, 0.29) is 18.4 Å². The van der Waals surface area contributed by atoms with Gasteiger partial charge in [0.1, 0.15) is 12.1 Å². The Morgan fingerprint density at radius 1 is 1.25 bits per heavy atom. The molecule has 3 amide bonds. The van der Waals surface area contributed by atoms with E-state index in [4.69, 9.17) is 5.73 Å². The second kappa shape index (κ2) is 9.94. The second-order valence-electron chi connectivity index (χ2n) is 7.99. The van der Waals surface area contributed by atoms with E-state index < -0.39 is 48.1 Å². The Bertz CT molecular complexity index is 1030. The lowest BCUT2D eigenvalue weighted by molar-refractivity contribution is -0.126. The fraction of sp³-hybridized carbons (Fsp3) is 0.409. The van der Waals surface area contributed by atoms with Crippen molar-refractivity contribution >= 4 is 28.6 Å². The van der Waals surface area contributed by atoms with E-state index in [9.17, 15) is 24.6 Å². The Morgan fingerprint density at radius 3 is 2.66 bits per heavy atom. The van der Waals surface area contributed by atoms with Crippen molar-refractivity contribution in [3.63, 3.8) is 0 Å². The molecule has 1 aliphatic carbocycles. The van der Waals surface area contributed by atoms with Gasteiger partial charge in [-0.15, -0.1) is 0 Å². The second-order valence-corrected chi connectivity index (χ2v) is 7.99. The minimum atomic E-state index is -1.27. The minimum Gasteiger partial charge on any atom is -0.390 e. The first kappa shape index (κ1) is 23.5. The number of hydrogen-bond acceptors (Lipinski definition) is 6. The number of amides is 3. The third-order valence-electron chi connectivity index (χ3n) is 5.75. The van der Waals surface area contributed by atoms with Crippen LogP contribution >= 0.6 is 0 Å². The first-order valence-electron chi connectivity index (χ1n) is 10.4. The molecular formula is C22H29N5O5. The van der Waals surface area contributed by atoms with E-state index in [1.807, 2.05) is 24.3 Å². The maximum atomic E-state index is 12.9. The summed E-state index contributed by atoms with van der Waals surface area (Å²) >= 11 is 0. The van der Waals surface area contributed by atoms with Crippen molar-refractivity contribution in [2.24, 2.45) is 5.73 Å². The highest BCUT2D eigenvalue weighted by molar-refractivity contribution is 5.97. The van der Waals surface area contributed by atoms with Gasteiger partial charge < -0.3 is 36.9 Å². The van der Waals surface area contributed by atoms with Crippen LogP contribution in [-0.4, -0.2) is 70.3 Å². The van der Waals surface area contributed by atoms with Crippen LogP contribution in [-0.2, 0) is 20.8 Å². The quantitative estimate of drug-likeness (QED) is 0.271. The van der Waals surface area contributed by atoms with Crippen LogP contribution in [0.5, 0.6) is 0 Å². The Hall–Kier alpha value is -3.21. The third kappa shape index (κ3) is 5.16. The van der Waals surface area contributed by atoms with Crippen LogP contribution in [0.2, 0.25) is 0 Å². The summed E-state index contributed by atoms with van der Waals surface area (Å²) < 4.78 is 0. The number of hydrogen-bond donors (Lipinski definition) is 7. The average molecular weight is 444 g/mol. The van der Waals surface area contributed by atoms with Crippen molar-refractivity contribution in [3.05, 3.63) is 47.7 Å². The fourth-order valence-corrected chi connectivity index (χ4v) is 3.68. The molecule has 32 heavy (non-hydrogen) atoms. The summed E-state index contributed by atoms with van der Waals surface area (Å²) in [6.45, 7) is 1.64. The molecule has 0 saturated heterocycles. The SMILES string of the molecule is CNC(C)C(=O)NC1C=C(C(=O)NC(Cc2c[nH]c3ccccc23)C(N)=O)CC(O)C1O. The number of primary amides is 1. The summed E-state index contributed by atoms with van der Waals surface area (Å²) in [5.41, 5.74) is 7.40. The maximum absolute atomic E-state index is 12.9. The van der Waals surface area contributed by atoms with Gasteiger partial charge >= 0.3 is 0 Å². The van der Waals surface area contributed by atoms with E-state index in [2.05, 4.69) is 20.9 Å². The molecule has 10 heteroatoms. The topological polar surface area (TPSA) is 170 Å². The standard InChI is InChI=1S/C22H29N5O5/c1-11(24-2)21(31)26-16-7-12(9-18(28)19(16)29)22(32)27-17(20(23)30)8-13-10-25-15-6-4-3-5-14(13)15/h3-7,10-11,16-19,24-25,28-29H,8-9H2,1-2H3,(H2,23,30)(H,26,31)(H,27,32). The normalized spacial score (nSPS) is 22.6. The van der Waals surface area contributed by atoms with Crippen LogP contribution < -0.4 is 21.7 Å². The van der Waals surface area contributed by atoms with Crippen molar-refractivity contribution < 1.29 is 24.6 Å². The molecule has 0 spiro atoms. The predicted molar refractivity (Wildman–Crippen MR) is 118 cm³/mol. The molecule has 1 aromatic carbocycles. The van der Waals surface area contributed by atoms with Crippen molar-refractivity contribution in [3.8, 4) is 0 Å². The Kier molecular flexibility index (Phi) is 7.29. The summed E-state index contributed by atoms with van der Waals surface area (Å²) in [5, 5.41) is 29.4. The van der Waals surface area contributed by atoms with E-state index in [1.54, 1.807) is 20.2 Å². The number of carbonyl (C=O) groups excluding carboxylic acids is 3. The molecule has 0 fully saturated rings. The highest BCUT2D eigenvalue weighted by Gasteiger charge is 2.35. The van der Waals surface area contributed by atoms with Crippen LogP contribution in [0.25, 0.3) is 10.9 Å². The molecule has 0 bridgehead atoms. The molecule has 1 aromatic heterocycles. The van der Waals surface area contributed by atoms with E-state index in [0.717, 1.165) is 16.5 Å². The number of aromatic nitrogens is 1. The van der Waals surface area contributed by atoms with Gasteiger partial charge in [-0.2, -0.15) is 0 Å². The number of aliphatic hydroxyl groups is 2. The summed E-state index contributed by atoms with van der Waals surface area (Å²) in [4.78, 5) is 40.2. The summed E-state index contributed by atoms with van der Waals surface area (Å²) in [6.07, 6.45) is 0.704. The smallest absolute Gasteiger partial charge is 0.247 e. The Balaban J connectivity index is 1.75. The average Bonchev–Trinajstić information content (AvgIpc) is 3.18. The molecule has 3 rings (SSSR count). The molecule has 0 aliphatic heterocycles. The molecule has 5 unspecified atom stereocenters. The lowest BCUT2D eigenvalue weighted by Crippen LogP contribution is -2.54. The number of rotatable bonds is 8. The van der Waals surface area contributed by atoms with Gasteiger partial charge in [0, 0.05) is 35.5 Å². The number of nitrogens with one attached hydrogen (secondary N) is 4. The van der Waals surface area contributed by atoms with Crippen LogP contribution in [0.3, 0.4) is 0 Å². The van der Waals surface area contributed by atoms with Crippen LogP contribution in [0.4, 0.5) is 0 Å². The van der Waals surface area contributed by atoms with Crippen LogP contribution in [0.15, 0.2) is 42.1 Å². The van der Waals surface area contributed by atoms with Crippen molar-refractivity contribution in [1.29, 1.82) is 0 Å². The number of carbonyl (C=O) groups is 3. The van der Waals surface area contributed by atoms with E-state index >= 15 is 0 Å². The molecule has 2 aromatic rings. The highest BCUT2D eigenvalue weighted by atomic mass is 16.3. The van der Waals surface area contributed by atoms with Crippen molar-refractivity contribution in [1.82, 2.24) is 20.9 Å². The molecular weight excluding hydrogens is 414 g/mol. The van der Waals surface area contributed by atoms with Crippen LogP contribution in [0, 0.1) is 0 Å². The number of likely N-dealkylation sites (N-methyl/N-ethyl adjacent to an activating group) is 1. The van der Waals surface area contributed by atoms with Gasteiger partial charge in [0.2, 0.25) is 17.7 Å². The van der Waals surface area contributed by atoms with Gasteiger partial charge in [-0.25, -0.2) is 0 Å². The monoisotopic (exact) mass is 443 g/mol. The number of para-hydroxylation sites is 1. The number of aromatic amines is 1. The first-order valence-corrected chi connectivity index (χ1v) is 10.4. The summed E-state index contributed by atoms with van der Waals surface area (Å²) in [7, 11) is 1.61. The molecule has 10 nitrogen and oxygen atoms in total. The lowest BCUT2D eigenvalue weighted by Gasteiger charge is -2.32. The molecule has 8 N–H and O–H groups in total. The zero-order valence-electron chi connectivity index (χ0n) is 18.0. The van der Waals surface area contributed by atoms with E-state index in [0.29, 0.717) is 0 Å². The van der Waals surface area contributed by atoms with Crippen molar-refractivity contribution in [2.75, 3.05) is 7.05 Å². The number of aliphatic hydroxyl groups excluding tert-OH is 2. The minimum absolute atomic E-state index is 0.125. The summed E-state index contributed by atoms with van der Waals surface area (Å²) in [5.74, 6) is -1.69. The number of H-pyrrole nitrogens is 1. The van der Waals surface area contributed by atoms with Crippen molar-refractivity contribution in [2.45, 2.75) is 50.1 Å². The van der Waals surface area contributed by atoms with Gasteiger partial charge in [-0.05, 0) is 25.6 Å². The number of fused-ring (bicyclic) bond motifs is 1. The van der Waals surface area contributed by atoms with Gasteiger partial charge in [-0.1, -0.05) is 24.3 Å². The molecule has 5 atom stereocenters. The highest BCUT2D eigenvalue weighted by Crippen LogP contribution is 2.22. The first-order chi connectivity index (χ1) is 15.2. The largest absolute Gasteiger partial charge is 0.390 e. The van der Waals surface area contributed by atoms with Gasteiger partial charge in [0.05, 0.1) is 18.2 Å². The van der Waals surface area contributed by atoms with Crippen LogP contribution in [0.1, 0.15) is 18.9 Å². The summed E-state index contributed by atoms with van der Waals surface area (Å²) in [6, 6.07) is 5.11. The third-order valence-corrected chi connectivity index (χ3v) is 5.75. The van der Waals surface area contributed by atoms with Gasteiger partial charge in [-0.3, -0.25) is 14.4 Å². The molecule has 1 aliphatic rings. The van der Waals surface area contributed by atoms with Gasteiger partial charge in [0.25, 0.3) is 0 Å². The lowest BCUT2D eigenvalue weighted by atomic mass is 9.89. The zero-order valence-corrected chi connectivity index (χ0v) is 18.0. The molecule has 0 radical (unpaired) electrons. The fourth-order valence-electron chi connectivity index (χ4n) is 3.68. The zero-order chi connectivity index (χ0) is 23.4. The maximum Gasteiger partial charge on any atom is 0.247 e. The Labute approximate surface area is 185 Å². The number of nitrogens with two attached hydrogens (primary N) is 1. The number of benzene rings is 1. The molecule has 172 valence electrons. The predicted octanol–water partition coefficient (Wildman–Crippen LogP) is -1.17. The molecule has 1 heterocycles. The van der Waals surface area contributed by atoms with E-state index in [1.165, 1.54) is 6.08 Å². The Morgan fingerprint density at radius 2 is 1.97 bits per heavy atom. The molecule has 0 saturated carbocycles.